The molecule has 2 aromatic heterocycles. The van der Waals surface area contributed by atoms with Gasteiger partial charge in [-0.05, 0) is 13.8 Å². The lowest BCUT2D eigenvalue weighted by atomic mass is 10.3. The van der Waals surface area contributed by atoms with Crippen LogP contribution in [0.15, 0.2) is 17.8 Å². The van der Waals surface area contributed by atoms with E-state index in [1.165, 1.54) is 17.5 Å². The van der Waals surface area contributed by atoms with Crippen LogP contribution >= 0.6 is 22.9 Å². The summed E-state index contributed by atoms with van der Waals surface area (Å²) in [5.41, 5.74) is 0.772. The number of rotatable bonds is 3. The minimum absolute atomic E-state index is 0.164. The van der Waals surface area contributed by atoms with Crippen molar-refractivity contribution in [2.75, 3.05) is 5.32 Å². The van der Waals surface area contributed by atoms with E-state index < -0.39 is 6.04 Å². The summed E-state index contributed by atoms with van der Waals surface area (Å²) in [4.78, 5) is 15.9. The van der Waals surface area contributed by atoms with Crippen LogP contribution in [0, 0.1) is 6.92 Å². The third kappa shape index (κ3) is 2.48. The highest BCUT2D eigenvalue weighted by atomic mass is 35.5. The number of amides is 1. The molecule has 2 heterocycles. The van der Waals surface area contributed by atoms with E-state index in [0.717, 1.165) is 5.69 Å². The van der Waals surface area contributed by atoms with Crippen LogP contribution in [0.5, 0.6) is 0 Å². The average Bonchev–Trinajstić information content (AvgIpc) is 2.90. The van der Waals surface area contributed by atoms with Gasteiger partial charge in [-0.2, -0.15) is 5.10 Å². The Bertz CT molecular complexity index is 522. The molecule has 7 heteroatoms. The molecule has 0 saturated carbocycles. The second-order valence-electron chi connectivity index (χ2n) is 3.52. The van der Waals surface area contributed by atoms with Crippen molar-refractivity contribution in [3.8, 4) is 0 Å². The molecular formula is C10H11ClN4OS. The van der Waals surface area contributed by atoms with Gasteiger partial charge in [-0.25, -0.2) is 4.98 Å². The number of thiazole rings is 1. The van der Waals surface area contributed by atoms with E-state index in [1.807, 2.05) is 6.92 Å². The lowest BCUT2D eigenvalue weighted by Gasteiger charge is -2.13. The van der Waals surface area contributed by atoms with E-state index in [2.05, 4.69) is 15.4 Å². The molecule has 1 unspecified atom stereocenters. The van der Waals surface area contributed by atoms with Crippen LogP contribution < -0.4 is 5.32 Å². The van der Waals surface area contributed by atoms with Crippen LogP contribution in [0.1, 0.15) is 18.7 Å². The van der Waals surface area contributed by atoms with Crippen molar-refractivity contribution < 1.29 is 4.79 Å². The lowest BCUT2D eigenvalue weighted by molar-refractivity contribution is -0.119. The van der Waals surface area contributed by atoms with Gasteiger partial charge in [-0.15, -0.1) is 11.3 Å². The monoisotopic (exact) mass is 270 g/mol. The van der Waals surface area contributed by atoms with Gasteiger partial charge >= 0.3 is 0 Å². The molecule has 0 radical (unpaired) electrons. The Morgan fingerprint density at radius 3 is 2.94 bits per heavy atom. The first-order valence-electron chi connectivity index (χ1n) is 4.99. The van der Waals surface area contributed by atoms with Gasteiger partial charge in [0.25, 0.3) is 5.91 Å². The fourth-order valence-electron chi connectivity index (χ4n) is 1.40. The fraction of sp³-hybridized carbons (Fsp3) is 0.300. The van der Waals surface area contributed by atoms with E-state index in [-0.39, 0.29) is 5.91 Å². The quantitative estimate of drug-likeness (QED) is 0.932. The highest BCUT2D eigenvalue weighted by Crippen LogP contribution is 2.19. The molecule has 0 aliphatic carbocycles. The van der Waals surface area contributed by atoms with Gasteiger partial charge in [0.1, 0.15) is 6.04 Å². The van der Waals surface area contributed by atoms with E-state index >= 15 is 0 Å². The Kier molecular flexibility index (Phi) is 3.44. The first kappa shape index (κ1) is 12.1. The molecule has 0 aliphatic rings. The first-order valence-corrected chi connectivity index (χ1v) is 6.25. The fourth-order valence-corrected chi connectivity index (χ4v) is 2.06. The van der Waals surface area contributed by atoms with Crippen molar-refractivity contribution in [3.63, 3.8) is 0 Å². The number of anilines is 1. The summed E-state index contributed by atoms with van der Waals surface area (Å²) in [5.74, 6) is -0.164. The second-order valence-corrected chi connectivity index (χ2v) is 4.83. The molecular weight excluding hydrogens is 260 g/mol. The largest absolute Gasteiger partial charge is 0.300 e. The molecule has 0 spiro atoms. The molecule has 5 nitrogen and oxygen atoms in total. The summed E-state index contributed by atoms with van der Waals surface area (Å²) in [6.45, 7) is 3.59. The zero-order valence-corrected chi connectivity index (χ0v) is 10.9. The zero-order chi connectivity index (χ0) is 12.4. The predicted octanol–water partition coefficient (Wildman–Crippen LogP) is 2.50. The molecule has 0 aromatic carbocycles. The summed E-state index contributed by atoms with van der Waals surface area (Å²) >= 11 is 7.27. The molecule has 17 heavy (non-hydrogen) atoms. The van der Waals surface area contributed by atoms with E-state index in [0.29, 0.717) is 10.2 Å². The predicted molar refractivity (Wildman–Crippen MR) is 67.4 cm³/mol. The average molecular weight is 271 g/mol. The Morgan fingerprint density at radius 2 is 2.41 bits per heavy atom. The van der Waals surface area contributed by atoms with Gasteiger partial charge in [0, 0.05) is 11.6 Å². The number of hydrogen-bond donors (Lipinski definition) is 1. The van der Waals surface area contributed by atoms with Crippen molar-refractivity contribution in [1.29, 1.82) is 0 Å². The normalized spacial score (nSPS) is 12.4. The number of carbonyl (C=O) groups excluding carboxylic acids is 1. The summed E-state index contributed by atoms with van der Waals surface area (Å²) < 4.78 is 1.59. The van der Waals surface area contributed by atoms with Crippen molar-refractivity contribution in [3.05, 3.63) is 28.5 Å². The van der Waals surface area contributed by atoms with Crippen LogP contribution in [-0.4, -0.2) is 20.7 Å². The summed E-state index contributed by atoms with van der Waals surface area (Å²) in [5, 5.41) is 9.73. The van der Waals surface area contributed by atoms with Gasteiger partial charge in [-0.1, -0.05) is 11.6 Å². The van der Waals surface area contributed by atoms with Crippen LogP contribution in [0.2, 0.25) is 5.02 Å². The molecule has 90 valence electrons. The molecule has 1 amide bonds. The summed E-state index contributed by atoms with van der Waals surface area (Å²) in [6.07, 6.45) is 3.17. The Labute approximate surface area is 107 Å². The molecule has 0 aliphatic heterocycles. The maximum Gasteiger partial charge on any atom is 0.250 e. The molecule has 1 atom stereocenters. The smallest absolute Gasteiger partial charge is 0.250 e. The molecule has 0 fully saturated rings. The summed E-state index contributed by atoms with van der Waals surface area (Å²) in [6, 6.07) is -0.425. The standard InChI is InChI=1S/C10H11ClN4OS/c1-6-8(11)5-13-15(6)7(2)9(16)14-10-12-3-4-17-10/h3-5,7H,1-2H3,(H,12,14,16). The van der Waals surface area contributed by atoms with Gasteiger partial charge in [0.15, 0.2) is 5.13 Å². The highest BCUT2D eigenvalue weighted by molar-refractivity contribution is 7.13. The van der Waals surface area contributed by atoms with E-state index in [1.54, 1.807) is 23.2 Å². The third-order valence-corrected chi connectivity index (χ3v) is 3.45. The third-order valence-electron chi connectivity index (χ3n) is 2.39. The number of nitrogens with zero attached hydrogens (tertiary/aromatic N) is 3. The van der Waals surface area contributed by atoms with Crippen molar-refractivity contribution in [2.24, 2.45) is 0 Å². The topological polar surface area (TPSA) is 59.8 Å². The van der Waals surface area contributed by atoms with E-state index in [9.17, 15) is 4.79 Å². The van der Waals surface area contributed by atoms with Crippen molar-refractivity contribution in [2.45, 2.75) is 19.9 Å². The van der Waals surface area contributed by atoms with Crippen molar-refractivity contribution >= 4 is 34.0 Å². The minimum Gasteiger partial charge on any atom is -0.300 e. The molecule has 0 bridgehead atoms. The van der Waals surface area contributed by atoms with E-state index in [4.69, 9.17) is 11.6 Å². The van der Waals surface area contributed by atoms with Crippen LogP contribution in [-0.2, 0) is 4.79 Å². The number of halogens is 1. The first-order chi connectivity index (χ1) is 8.09. The zero-order valence-electron chi connectivity index (χ0n) is 9.35. The van der Waals surface area contributed by atoms with Gasteiger partial charge in [-0.3, -0.25) is 9.48 Å². The van der Waals surface area contributed by atoms with Crippen LogP contribution in [0.3, 0.4) is 0 Å². The molecule has 0 saturated heterocycles. The lowest BCUT2D eigenvalue weighted by Crippen LogP contribution is -2.25. The molecule has 2 rings (SSSR count). The van der Waals surface area contributed by atoms with Crippen LogP contribution in [0.25, 0.3) is 0 Å². The summed E-state index contributed by atoms with van der Waals surface area (Å²) in [7, 11) is 0. The number of aromatic nitrogens is 3. The molecule has 2 aromatic rings. The number of hydrogen-bond acceptors (Lipinski definition) is 4. The Balaban J connectivity index is 2.12. The van der Waals surface area contributed by atoms with Crippen LogP contribution in [0.4, 0.5) is 5.13 Å². The Morgan fingerprint density at radius 1 is 1.65 bits per heavy atom. The van der Waals surface area contributed by atoms with Gasteiger partial charge in [0.05, 0.1) is 16.9 Å². The maximum atomic E-state index is 11.9. The maximum absolute atomic E-state index is 11.9. The molecule has 1 N–H and O–H groups in total. The minimum atomic E-state index is -0.425. The SMILES string of the molecule is Cc1c(Cl)cnn1C(C)C(=O)Nc1nccs1. The highest BCUT2D eigenvalue weighted by Gasteiger charge is 2.19. The number of carbonyl (C=O) groups is 1. The Hall–Kier alpha value is -1.40. The number of nitrogens with one attached hydrogen (secondary N) is 1. The van der Waals surface area contributed by atoms with Crippen molar-refractivity contribution in [1.82, 2.24) is 14.8 Å². The van der Waals surface area contributed by atoms with Gasteiger partial charge < -0.3 is 5.32 Å². The van der Waals surface area contributed by atoms with Gasteiger partial charge in [0.2, 0.25) is 0 Å². The second kappa shape index (κ2) is 4.85.